The minimum absolute atomic E-state index is 0.342. The van der Waals surface area contributed by atoms with Crippen LogP contribution in [-0.2, 0) is 10.0 Å². The van der Waals surface area contributed by atoms with E-state index >= 15 is 0 Å². The highest BCUT2D eigenvalue weighted by molar-refractivity contribution is 7.89. The molecule has 0 saturated carbocycles. The van der Waals surface area contributed by atoms with Crippen LogP contribution in [0.4, 0.5) is 0 Å². The summed E-state index contributed by atoms with van der Waals surface area (Å²) < 4.78 is 26.8. The summed E-state index contributed by atoms with van der Waals surface area (Å²) in [5.74, 6) is 0.419. The van der Waals surface area contributed by atoms with Gasteiger partial charge in [0.1, 0.15) is 0 Å². The van der Waals surface area contributed by atoms with Gasteiger partial charge >= 0.3 is 0 Å². The zero-order chi connectivity index (χ0) is 13.0. The van der Waals surface area contributed by atoms with Crippen LogP contribution in [0.25, 0.3) is 0 Å². The highest BCUT2D eigenvalue weighted by Crippen LogP contribution is 2.15. The first-order valence-corrected chi connectivity index (χ1v) is 7.79. The SMILES string of the molecule is CN1CCCC(CNS(=O)(=O)c2ccccc2)C1. The number of hydrogen-bond donors (Lipinski definition) is 1. The summed E-state index contributed by atoms with van der Waals surface area (Å²) in [7, 11) is -1.26. The molecule has 1 atom stereocenters. The molecular weight excluding hydrogens is 248 g/mol. The number of rotatable bonds is 4. The number of benzene rings is 1. The minimum Gasteiger partial charge on any atom is -0.306 e. The predicted octanol–water partition coefficient (Wildman–Crippen LogP) is 1.31. The summed E-state index contributed by atoms with van der Waals surface area (Å²) in [4.78, 5) is 2.60. The maximum Gasteiger partial charge on any atom is 0.240 e. The van der Waals surface area contributed by atoms with Gasteiger partial charge in [0.2, 0.25) is 10.0 Å². The molecule has 100 valence electrons. The zero-order valence-electron chi connectivity index (χ0n) is 10.7. The Kier molecular flexibility index (Phi) is 4.37. The standard InChI is InChI=1S/C13H20N2O2S/c1-15-9-5-6-12(11-15)10-14-18(16,17)13-7-3-2-4-8-13/h2-4,7-8,12,14H,5-6,9-11H2,1H3. The van der Waals surface area contributed by atoms with Gasteiger partial charge in [-0.3, -0.25) is 0 Å². The number of sulfonamides is 1. The first-order chi connectivity index (χ1) is 8.58. The Hall–Kier alpha value is -0.910. The zero-order valence-corrected chi connectivity index (χ0v) is 11.5. The van der Waals surface area contributed by atoms with Crippen LogP contribution < -0.4 is 4.72 Å². The highest BCUT2D eigenvalue weighted by atomic mass is 32.2. The van der Waals surface area contributed by atoms with Crippen LogP contribution in [0.5, 0.6) is 0 Å². The van der Waals surface area contributed by atoms with E-state index in [1.165, 1.54) is 0 Å². The molecule has 1 unspecified atom stereocenters. The molecule has 1 aliphatic heterocycles. The van der Waals surface area contributed by atoms with E-state index in [2.05, 4.69) is 16.7 Å². The molecule has 0 aliphatic carbocycles. The van der Waals surface area contributed by atoms with E-state index in [9.17, 15) is 8.42 Å². The molecule has 0 amide bonds. The third-order valence-electron chi connectivity index (χ3n) is 3.34. The fourth-order valence-electron chi connectivity index (χ4n) is 2.35. The molecule has 1 heterocycles. The van der Waals surface area contributed by atoms with Crippen molar-refractivity contribution in [3.63, 3.8) is 0 Å². The molecule has 1 saturated heterocycles. The molecule has 4 nitrogen and oxygen atoms in total. The quantitative estimate of drug-likeness (QED) is 0.895. The molecule has 18 heavy (non-hydrogen) atoms. The predicted molar refractivity (Wildman–Crippen MR) is 71.9 cm³/mol. The second-order valence-electron chi connectivity index (χ2n) is 4.94. The minimum atomic E-state index is -3.35. The fraction of sp³-hybridized carbons (Fsp3) is 0.538. The van der Waals surface area contributed by atoms with Crippen molar-refractivity contribution in [2.75, 3.05) is 26.7 Å². The lowest BCUT2D eigenvalue weighted by molar-refractivity contribution is 0.211. The van der Waals surface area contributed by atoms with Gasteiger partial charge in [-0.05, 0) is 44.5 Å². The van der Waals surface area contributed by atoms with Gasteiger partial charge in [0.15, 0.2) is 0 Å². The van der Waals surface area contributed by atoms with Gasteiger partial charge in [0.05, 0.1) is 4.90 Å². The number of nitrogens with one attached hydrogen (secondary N) is 1. The maximum absolute atomic E-state index is 12.0. The molecule has 5 heteroatoms. The van der Waals surface area contributed by atoms with Crippen molar-refractivity contribution in [1.82, 2.24) is 9.62 Å². The molecular formula is C13H20N2O2S. The molecule has 0 spiro atoms. The topological polar surface area (TPSA) is 49.4 Å². The monoisotopic (exact) mass is 268 g/mol. The molecule has 1 aromatic carbocycles. The van der Waals surface area contributed by atoms with Crippen molar-refractivity contribution in [2.24, 2.45) is 5.92 Å². The van der Waals surface area contributed by atoms with Crippen molar-refractivity contribution < 1.29 is 8.42 Å². The molecule has 0 aromatic heterocycles. The fourth-order valence-corrected chi connectivity index (χ4v) is 3.49. The molecule has 1 aliphatic rings. The van der Waals surface area contributed by atoms with Crippen molar-refractivity contribution in [3.8, 4) is 0 Å². The molecule has 2 rings (SSSR count). The third-order valence-corrected chi connectivity index (χ3v) is 4.78. The van der Waals surface area contributed by atoms with Gasteiger partial charge in [-0.15, -0.1) is 0 Å². The number of nitrogens with zero attached hydrogens (tertiary/aromatic N) is 1. The second kappa shape index (κ2) is 5.82. The van der Waals surface area contributed by atoms with Crippen LogP contribution in [0.15, 0.2) is 35.2 Å². The van der Waals surface area contributed by atoms with Crippen LogP contribution >= 0.6 is 0 Å². The van der Waals surface area contributed by atoms with Crippen LogP contribution in [0, 0.1) is 5.92 Å². The molecule has 1 N–H and O–H groups in total. The lowest BCUT2D eigenvalue weighted by atomic mass is 9.99. The summed E-state index contributed by atoms with van der Waals surface area (Å²) in [6.07, 6.45) is 2.25. The lowest BCUT2D eigenvalue weighted by Crippen LogP contribution is -2.39. The van der Waals surface area contributed by atoms with Gasteiger partial charge in [-0.2, -0.15) is 0 Å². The van der Waals surface area contributed by atoms with Crippen molar-refractivity contribution in [2.45, 2.75) is 17.7 Å². The van der Waals surface area contributed by atoms with E-state index in [4.69, 9.17) is 0 Å². The van der Waals surface area contributed by atoms with E-state index in [-0.39, 0.29) is 0 Å². The van der Waals surface area contributed by atoms with Gasteiger partial charge in [0, 0.05) is 13.1 Å². The molecule has 0 bridgehead atoms. The third kappa shape index (κ3) is 3.54. The largest absolute Gasteiger partial charge is 0.306 e. The average Bonchev–Trinajstić information content (AvgIpc) is 2.38. The van der Waals surface area contributed by atoms with E-state index < -0.39 is 10.0 Å². The summed E-state index contributed by atoms with van der Waals surface area (Å²) in [6, 6.07) is 8.53. The van der Waals surface area contributed by atoms with Gasteiger partial charge in [-0.25, -0.2) is 13.1 Å². The maximum atomic E-state index is 12.0. The second-order valence-corrected chi connectivity index (χ2v) is 6.70. The van der Waals surface area contributed by atoms with E-state index in [1.54, 1.807) is 24.3 Å². The van der Waals surface area contributed by atoms with Crippen LogP contribution in [0.3, 0.4) is 0 Å². The highest BCUT2D eigenvalue weighted by Gasteiger charge is 2.20. The van der Waals surface area contributed by atoms with E-state index in [0.29, 0.717) is 17.4 Å². The first kappa shape index (κ1) is 13.5. The van der Waals surface area contributed by atoms with Gasteiger partial charge in [0.25, 0.3) is 0 Å². The average molecular weight is 268 g/mol. The van der Waals surface area contributed by atoms with Crippen LogP contribution in [0.2, 0.25) is 0 Å². The number of hydrogen-bond acceptors (Lipinski definition) is 3. The van der Waals surface area contributed by atoms with E-state index in [0.717, 1.165) is 25.9 Å². The molecule has 0 radical (unpaired) electrons. The first-order valence-electron chi connectivity index (χ1n) is 6.31. The van der Waals surface area contributed by atoms with Crippen LogP contribution in [-0.4, -0.2) is 40.0 Å². The lowest BCUT2D eigenvalue weighted by Gasteiger charge is -2.29. The van der Waals surface area contributed by atoms with Crippen molar-refractivity contribution in [3.05, 3.63) is 30.3 Å². The van der Waals surface area contributed by atoms with Crippen molar-refractivity contribution >= 4 is 10.0 Å². The Bertz CT molecular complexity index is 473. The van der Waals surface area contributed by atoms with Gasteiger partial charge < -0.3 is 4.90 Å². The summed E-state index contributed by atoms with van der Waals surface area (Å²) in [5, 5.41) is 0. The normalized spacial score (nSPS) is 21.9. The van der Waals surface area contributed by atoms with Gasteiger partial charge in [-0.1, -0.05) is 18.2 Å². The van der Waals surface area contributed by atoms with E-state index in [1.807, 2.05) is 6.07 Å². The summed E-state index contributed by atoms with van der Waals surface area (Å²) in [6.45, 7) is 2.61. The Balaban J connectivity index is 1.93. The summed E-state index contributed by atoms with van der Waals surface area (Å²) >= 11 is 0. The number of likely N-dealkylation sites (tertiary alicyclic amines) is 1. The molecule has 1 aromatic rings. The Labute approximate surface area is 109 Å². The number of piperidine rings is 1. The Morgan fingerprint density at radius 3 is 2.72 bits per heavy atom. The Morgan fingerprint density at radius 2 is 2.06 bits per heavy atom. The Morgan fingerprint density at radius 1 is 1.33 bits per heavy atom. The van der Waals surface area contributed by atoms with Crippen LogP contribution in [0.1, 0.15) is 12.8 Å². The van der Waals surface area contributed by atoms with Crippen molar-refractivity contribution in [1.29, 1.82) is 0 Å². The molecule has 1 fully saturated rings. The summed E-state index contributed by atoms with van der Waals surface area (Å²) in [5.41, 5.74) is 0. The smallest absolute Gasteiger partial charge is 0.240 e.